The third kappa shape index (κ3) is 3.39. The molecule has 3 atom stereocenters. The summed E-state index contributed by atoms with van der Waals surface area (Å²) in [5.74, 6) is 0.618. The van der Waals surface area contributed by atoms with Gasteiger partial charge in [0, 0.05) is 29.0 Å². The molecule has 1 fully saturated rings. The summed E-state index contributed by atoms with van der Waals surface area (Å²) < 4.78 is 6.02. The first-order valence-corrected chi connectivity index (χ1v) is 8.20. The lowest BCUT2D eigenvalue weighted by molar-refractivity contribution is -0.125. The number of thiophene rings is 1. The van der Waals surface area contributed by atoms with Crippen molar-refractivity contribution in [3.8, 4) is 0 Å². The van der Waals surface area contributed by atoms with Gasteiger partial charge >= 0.3 is 0 Å². The van der Waals surface area contributed by atoms with Crippen molar-refractivity contribution >= 4 is 11.3 Å². The first-order chi connectivity index (χ1) is 8.91. The Bertz CT molecular complexity index is 385. The highest BCUT2D eigenvalue weighted by Crippen LogP contribution is 2.44. The summed E-state index contributed by atoms with van der Waals surface area (Å²) in [5.41, 5.74) is 0.237. The summed E-state index contributed by atoms with van der Waals surface area (Å²) in [5, 5.41) is 5.90. The van der Waals surface area contributed by atoms with Crippen molar-refractivity contribution in [1.82, 2.24) is 5.32 Å². The van der Waals surface area contributed by atoms with E-state index in [1.807, 2.05) is 11.3 Å². The minimum absolute atomic E-state index is 0.237. The molecule has 3 heteroatoms. The monoisotopic (exact) mass is 281 g/mol. The Morgan fingerprint density at radius 1 is 1.42 bits per heavy atom. The molecule has 2 rings (SSSR count). The van der Waals surface area contributed by atoms with E-state index in [1.54, 1.807) is 0 Å². The summed E-state index contributed by atoms with van der Waals surface area (Å²) in [6.45, 7) is 12.2. The molecule has 1 heterocycles. The van der Waals surface area contributed by atoms with E-state index in [1.165, 1.54) is 4.88 Å². The van der Waals surface area contributed by atoms with Gasteiger partial charge in [-0.2, -0.15) is 0 Å². The zero-order chi connectivity index (χ0) is 14.0. The van der Waals surface area contributed by atoms with Crippen molar-refractivity contribution in [3.63, 3.8) is 0 Å². The molecule has 0 saturated heterocycles. The predicted molar refractivity (Wildman–Crippen MR) is 82.6 cm³/mol. The molecule has 0 bridgehead atoms. The molecule has 1 aromatic heterocycles. The van der Waals surface area contributed by atoms with Crippen LogP contribution in [0.2, 0.25) is 0 Å². The van der Waals surface area contributed by atoms with Gasteiger partial charge in [0.1, 0.15) is 0 Å². The lowest BCUT2D eigenvalue weighted by Gasteiger charge is -2.53. The fourth-order valence-corrected chi connectivity index (χ4v) is 3.42. The third-order valence-corrected chi connectivity index (χ3v) is 5.28. The number of rotatable bonds is 6. The van der Waals surface area contributed by atoms with E-state index in [2.05, 4.69) is 57.4 Å². The molecule has 2 unspecified atom stereocenters. The van der Waals surface area contributed by atoms with E-state index >= 15 is 0 Å². The largest absolute Gasteiger partial charge is 0.377 e. The molecule has 0 aromatic carbocycles. The van der Waals surface area contributed by atoms with E-state index < -0.39 is 0 Å². The van der Waals surface area contributed by atoms with E-state index in [-0.39, 0.29) is 5.41 Å². The van der Waals surface area contributed by atoms with E-state index in [0.717, 1.165) is 13.0 Å². The molecule has 1 aromatic rings. The van der Waals surface area contributed by atoms with Gasteiger partial charge < -0.3 is 10.1 Å². The highest BCUT2D eigenvalue weighted by atomic mass is 32.1. The molecular weight excluding hydrogens is 254 g/mol. The second-order valence-electron chi connectivity index (χ2n) is 6.73. The maximum absolute atomic E-state index is 6.02. The molecule has 1 aliphatic carbocycles. The molecule has 1 saturated carbocycles. The number of hydrogen-bond acceptors (Lipinski definition) is 3. The molecule has 108 valence electrons. The van der Waals surface area contributed by atoms with Gasteiger partial charge in [-0.15, -0.1) is 11.3 Å². The molecule has 0 amide bonds. The van der Waals surface area contributed by atoms with Gasteiger partial charge in [-0.25, -0.2) is 0 Å². The van der Waals surface area contributed by atoms with Crippen LogP contribution in [0.25, 0.3) is 0 Å². The van der Waals surface area contributed by atoms with Crippen LogP contribution < -0.4 is 5.32 Å². The molecule has 2 nitrogen and oxygen atoms in total. The summed E-state index contributed by atoms with van der Waals surface area (Å²) in [6.07, 6.45) is 1.54. The van der Waals surface area contributed by atoms with Gasteiger partial charge in [0.15, 0.2) is 0 Å². The normalized spacial score (nSPS) is 27.3. The summed E-state index contributed by atoms with van der Waals surface area (Å²) in [7, 11) is 0. The van der Waals surface area contributed by atoms with Crippen molar-refractivity contribution in [3.05, 3.63) is 22.4 Å². The fourth-order valence-electron chi connectivity index (χ4n) is 2.68. The van der Waals surface area contributed by atoms with Gasteiger partial charge in [0.05, 0.1) is 6.10 Å². The second-order valence-corrected chi connectivity index (χ2v) is 7.71. The van der Waals surface area contributed by atoms with Crippen LogP contribution in [0.4, 0.5) is 0 Å². The summed E-state index contributed by atoms with van der Waals surface area (Å²) >= 11 is 1.83. The number of ether oxygens (including phenoxy) is 1. The van der Waals surface area contributed by atoms with Gasteiger partial charge in [-0.3, -0.25) is 0 Å². The van der Waals surface area contributed by atoms with Crippen LogP contribution >= 0.6 is 11.3 Å². The molecule has 0 radical (unpaired) electrons. The Hall–Kier alpha value is -0.380. The molecular formula is C16H27NOS. The Morgan fingerprint density at radius 3 is 2.68 bits per heavy atom. The van der Waals surface area contributed by atoms with E-state index in [9.17, 15) is 0 Å². The van der Waals surface area contributed by atoms with Crippen molar-refractivity contribution in [2.45, 2.75) is 59.2 Å². The highest BCUT2D eigenvalue weighted by molar-refractivity contribution is 7.10. The summed E-state index contributed by atoms with van der Waals surface area (Å²) in [4.78, 5) is 1.42. The first kappa shape index (κ1) is 15.0. The zero-order valence-corrected chi connectivity index (χ0v) is 13.6. The highest BCUT2D eigenvalue weighted by Gasteiger charge is 2.49. The van der Waals surface area contributed by atoms with Crippen LogP contribution in [0.3, 0.4) is 0 Å². The minimum Gasteiger partial charge on any atom is -0.377 e. The molecule has 1 N–H and O–H groups in total. The van der Waals surface area contributed by atoms with E-state index in [4.69, 9.17) is 4.74 Å². The van der Waals surface area contributed by atoms with Crippen molar-refractivity contribution in [2.24, 2.45) is 11.3 Å². The molecule has 0 spiro atoms. The standard InChI is InChI=1S/C16H27NOS/c1-11(2)10-18-15-9-14(16(15,4)5)17-12(3)13-7-6-8-19-13/h6-8,11-12,14-15,17H,9-10H2,1-5H3/t12-,14?,15?/m1/s1. The number of nitrogens with one attached hydrogen (secondary N) is 1. The van der Waals surface area contributed by atoms with Crippen LogP contribution in [0.15, 0.2) is 17.5 Å². The summed E-state index contributed by atoms with van der Waals surface area (Å²) in [6, 6.07) is 5.33. The van der Waals surface area contributed by atoms with Gasteiger partial charge in [-0.05, 0) is 30.7 Å². The van der Waals surface area contributed by atoms with Crippen LogP contribution in [-0.4, -0.2) is 18.8 Å². The lowest BCUT2D eigenvalue weighted by atomic mass is 9.64. The van der Waals surface area contributed by atoms with Crippen molar-refractivity contribution < 1.29 is 4.74 Å². The van der Waals surface area contributed by atoms with Crippen LogP contribution in [0, 0.1) is 11.3 Å². The maximum Gasteiger partial charge on any atom is 0.0656 e. The Kier molecular flexibility index (Phi) is 4.70. The Balaban J connectivity index is 1.84. The van der Waals surface area contributed by atoms with Crippen molar-refractivity contribution in [1.29, 1.82) is 0 Å². The molecule has 19 heavy (non-hydrogen) atoms. The smallest absolute Gasteiger partial charge is 0.0656 e. The van der Waals surface area contributed by atoms with Crippen molar-refractivity contribution in [2.75, 3.05) is 6.61 Å². The predicted octanol–water partition coefficient (Wildman–Crippen LogP) is 4.24. The van der Waals surface area contributed by atoms with Gasteiger partial charge in [-0.1, -0.05) is 33.8 Å². The SMILES string of the molecule is CC(C)COC1CC(N[C@H](C)c2cccs2)C1(C)C. The Labute approximate surface area is 121 Å². The van der Waals surface area contributed by atoms with Gasteiger partial charge in [0.25, 0.3) is 0 Å². The average molecular weight is 281 g/mol. The Morgan fingerprint density at radius 2 is 2.16 bits per heavy atom. The fraction of sp³-hybridized carbons (Fsp3) is 0.750. The van der Waals surface area contributed by atoms with Crippen LogP contribution in [0.1, 0.15) is 52.0 Å². The molecule has 0 aliphatic heterocycles. The molecule has 1 aliphatic rings. The quantitative estimate of drug-likeness (QED) is 0.842. The average Bonchev–Trinajstić information content (AvgIpc) is 2.85. The van der Waals surface area contributed by atoms with Crippen LogP contribution in [0.5, 0.6) is 0 Å². The topological polar surface area (TPSA) is 21.3 Å². The first-order valence-electron chi connectivity index (χ1n) is 7.32. The van der Waals surface area contributed by atoms with Gasteiger partial charge in [0.2, 0.25) is 0 Å². The second kappa shape index (κ2) is 5.94. The van der Waals surface area contributed by atoms with E-state index in [0.29, 0.717) is 24.1 Å². The van der Waals surface area contributed by atoms with Crippen LogP contribution in [-0.2, 0) is 4.74 Å². The third-order valence-electron chi connectivity index (χ3n) is 4.23. The minimum atomic E-state index is 0.237. The zero-order valence-electron chi connectivity index (χ0n) is 12.8. The number of hydrogen-bond donors (Lipinski definition) is 1. The maximum atomic E-state index is 6.02. The lowest BCUT2D eigenvalue weighted by Crippen LogP contribution is -2.61.